The fourth-order valence-corrected chi connectivity index (χ4v) is 2.33. The molecule has 2 rings (SSSR count). The standard InChI is InChI=1S/C19H24FN3O.HI/c1-4-21-19(22-12-15-5-7-17(20)8-6-15)23-13-16-9-14(2)10-18(11-16)24-3;/h5-11H,4,12-13H2,1-3H3,(H2,21,22,23);1H. The van der Waals surface area contributed by atoms with Crippen LogP contribution in [0.2, 0.25) is 0 Å². The Kier molecular flexibility index (Phi) is 9.26. The van der Waals surface area contributed by atoms with Crippen LogP contribution in [0.15, 0.2) is 47.5 Å². The van der Waals surface area contributed by atoms with Crippen molar-refractivity contribution in [1.82, 2.24) is 10.6 Å². The Morgan fingerprint density at radius 2 is 1.80 bits per heavy atom. The molecular formula is C19H25FIN3O. The van der Waals surface area contributed by atoms with E-state index in [4.69, 9.17) is 4.74 Å². The van der Waals surface area contributed by atoms with E-state index >= 15 is 0 Å². The minimum absolute atomic E-state index is 0. The zero-order valence-electron chi connectivity index (χ0n) is 14.8. The van der Waals surface area contributed by atoms with Gasteiger partial charge in [-0.05, 0) is 54.8 Å². The van der Waals surface area contributed by atoms with Gasteiger partial charge in [0, 0.05) is 13.1 Å². The summed E-state index contributed by atoms with van der Waals surface area (Å²) in [6, 6.07) is 12.5. The molecule has 2 aromatic rings. The average molecular weight is 457 g/mol. The average Bonchev–Trinajstić information content (AvgIpc) is 2.58. The first-order valence-electron chi connectivity index (χ1n) is 8.02. The number of methoxy groups -OCH3 is 1. The summed E-state index contributed by atoms with van der Waals surface area (Å²) in [7, 11) is 1.66. The van der Waals surface area contributed by atoms with Crippen LogP contribution in [0, 0.1) is 12.7 Å². The van der Waals surface area contributed by atoms with Gasteiger partial charge in [0.25, 0.3) is 0 Å². The van der Waals surface area contributed by atoms with E-state index in [9.17, 15) is 4.39 Å². The van der Waals surface area contributed by atoms with E-state index in [2.05, 4.69) is 21.7 Å². The molecule has 6 heteroatoms. The maximum atomic E-state index is 12.9. The summed E-state index contributed by atoms with van der Waals surface area (Å²) in [5.74, 6) is 1.33. The molecule has 0 aliphatic carbocycles. The highest BCUT2D eigenvalue weighted by molar-refractivity contribution is 14.0. The summed E-state index contributed by atoms with van der Waals surface area (Å²) in [5.41, 5.74) is 3.23. The van der Waals surface area contributed by atoms with Crippen LogP contribution < -0.4 is 15.4 Å². The van der Waals surface area contributed by atoms with Crippen molar-refractivity contribution in [1.29, 1.82) is 0 Å². The highest BCUT2D eigenvalue weighted by atomic mass is 127. The molecule has 0 radical (unpaired) electrons. The van der Waals surface area contributed by atoms with Crippen LogP contribution in [0.3, 0.4) is 0 Å². The number of guanidine groups is 1. The van der Waals surface area contributed by atoms with Gasteiger partial charge in [-0.15, -0.1) is 24.0 Å². The van der Waals surface area contributed by atoms with Gasteiger partial charge in [0.05, 0.1) is 13.7 Å². The molecule has 0 bridgehead atoms. The Labute approximate surface area is 165 Å². The number of aryl methyl sites for hydroxylation is 1. The number of ether oxygens (including phenoxy) is 1. The lowest BCUT2D eigenvalue weighted by molar-refractivity contribution is 0.414. The number of rotatable bonds is 6. The quantitative estimate of drug-likeness (QED) is 0.392. The van der Waals surface area contributed by atoms with Crippen molar-refractivity contribution in [2.24, 2.45) is 4.99 Å². The molecule has 25 heavy (non-hydrogen) atoms. The van der Waals surface area contributed by atoms with Gasteiger partial charge in [-0.3, -0.25) is 0 Å². The SMILES string of the molecule is CCNC(=NCc1cc(C)cc(OC)c1)NCc1ccc(F)cc1.I. The van der Waals surface area contributed by atoms with Crippen molar-refractivity contribution in [3.63, 3.8) is 0 Å². The molecule has 0 saturated carbocycles. The first-order chi connectivity index (χ1) is 11.6. The van der Waals surface area contributed by atoms with Crippen LogP contribution in [0.25, 0.3) is 0 Å². The van der Waals surface area contributed by atoms with Gasteiger partial charge in [-0.25, -0.2) is 9.38 Å². The highest BCUT2D eigenvalue weighted by Gasteiger charge is 2.01. The fourth-order valence-electron chi connectivity index (χ4n) is 2.33. The summed E-state index contributed by atoms with van der Waals surface area (Å²) in [6.07, 6.45) is 0. The number of halogens is 2. The fraction of sp³-hybridized carbons (Fsp3) is 0.316. The van der Waals surface area contributed by atoms with Crippen LogP contribution in [-0.4, -0.2) is 19.6 Å². The molecule has 0 aromatic heterocycles. The molecule has 0 aliphatic rings. The van der Waals surface area contributed by atoms with Crippen LogP contribution in [0.4, 0.5) is 4.39 Å². The first kappa shape index (κ1) is 21.2. The Hall–Kier alpha value is -1.83. The van der Waals surface area contributed by atoms with Gasteiger partial charge in [0.1, 0.15) is 11.6 Å². The van der Waals surface area contributed by atoms with Crippen molar-refractivity contribution in [2.45, 2.75) is 26.9 Å². The van der Waals surface area contributed by atoms with Crippen molar-refractivity contribution in [3.05, 3.63) is 65.0 Å². The Morgan fingerprint density at radius 3 is 2.44 bits per heavy atom. The van der Waals surface area contributed by atoms with E-state index in [1.807, 2.05) is 26.0 Å². The minimum Gasteiger partial charge on any atom is -0.497 e. The monoisotopic (exact) mass is 457 g/mol. The van der Waals surface area contributed by atoms with Gasteiger partial charge >= 0.3 is 0 Å². The zero-order valence-corrected chi connectivity index (χ0v) is 17.1. The predicted octanol–water partition coefficient (Wildman–Crippen LogP) is 4.02. The third kappa shape index (κ3) is 7.29. The van der Waals surface area contributed by atoms with Gasteiger partial charge in [-0.1, -0.05) is 18.2 Å². The topological polar surface area (TPSA) is 45.7 Å². The van der Waals surface area contributed by atoms with Crippen molar-refractivity contribution < 1.29 is 9.13 Å². The zero-order chi connectivity index (χ0) is 17.4. The summed E-state index contributed by atoms with van der Waals surface area (Å²) in [6.45, 7) is 5.96. The molecule has 0 aliphatic heterocycles. The molecular weight excluding hydrogens is 432 g/mol. The molecule has 0 unspecified atom stereocenters. The van der Waals surface area contributed by atoms with E-state index in [1.165, 1.54) is 12.1 Å². The van der Waals surface area contributed by atoms with Gasteiger partial charge < -0.3 is 15.4 Å². The third-order valence-electron chi connectivity index (χ3n) is 3.48. The molecule has 0 heterocycles. The van der Waals surface area contributed by atoms with Crippen LogP contribution >= 0.6 is 24.0 Å². The summed E-state index contributed by atoms with van der Waals surface area (Å²) >= 11 is 0. The maximum absolute atomic E-state index is 12.9. The summed E-state index contributed by atoms with van der Waals surface area (Å²) in [5, 5.41) is 6.47. The van der Waals surface area contributed by atoms with E-state index in [0.717, 1.165) is 34.9 Å². The van der Waals surface area contributed by atoms with E-state index in [-0.39, 0.29) is 29.8 Å². The second-order valence-corrected chi connectivity index (χ2v) is 5.53. The van der Waals surface area contributed by atoms with Crippen LogP contribution in [0.5, 0.6) is 5.75 Å². The molecule has 0 spiro atoms. The second-order valence-electron chi connectivity index (χ2n) is 5.53. The van der Waals surface area contributed by atoms with Gasteiger partial charge in [0.2, 0.25) is 0 Å². The summed E-state index contributed by atoms with van der Waals surface area (Å²) in [4.78, 5) is 4.60. The lowest BCUT2D eigenvalue weighted by Crippen LogP contribution is -2.36. The number of hydrogen-bond donors (Lipinski definition) is 2. The lowest BCUT2D eigenvalue weighted by atomic mass is 10.1. The molecule has 0 fully saturated rings. The second kappa shape index (κ2) is 10.9. The lowest BCUT2D eigenvalue weighted by Gasteiger charge is -2.12. The number of aliphatic imine (C=N–C) groups is 1. The number of nitrogens with one attached hydrogen (secondary N) is 2. The van der Waals surface area contributed by atoms with E-state index in [0.29, 0.717) is 13.1 Å². The van der Waals surface area contributed by atoms with E-state index < -0.39 is 0 Å². The molecule has 0 amide bonds. The third-order valence-corrected chi connectivity index (χ3v) is 3.48. The van der Waals surface area contributed by atoms with Crippen LogP contribution in [-0.2, 0) is 13.1 Å². The smallest absolute Gasteiger partial charge is 0.191 e. The largest absolute Gasteiger partial charge is 0.497 e. The van der Waals surface area contributed by atoms with Crippen molar-refractivity contribution in [3.8, 4) is 5.75 Å². The normalized spacial score (nSPS) is 10.8. The minimum atomic E-state index is -0.229. The number of nitrogens with zero attached hydrogens (tertiary/aromatic N) is 1. The molecule has 2 aromatic carbocycles. The Bertz CT molecular complexity index is 690. The highest BCUT2D eigenvalue weighted by Crippen LogP contribution is 2.17. The first-order valence-corrected chi connectivity index (χ1v) is 8.02. The van der Waals surface area contributed by atoms with Crippen molar-refractivity contribution in [2.75, 3.05) is 13.7 Å². The number of hydrogen-bond acceptors (Lipinski definition) is 2. The summed E-state index contributed by atoms with van der Waals surface area (Å²) < 4.78 is 18.2. The van der Waals surface area contributed by atoms with Crippen molar-refractivity contribution >= 4 is 29.9 Å². The Balaban J connectivity index is 0.00000312. The molecule has 0 atom stereocenters. The number of benzene rings is 2. The molecule has 2 N–H and O–H groups in total. The van der Waals surface area contributed by atoms with Gasteiger partial charge in [0.15, 0.2) is 5.96 Å². The maximum Gasteiger partial charge on any atom is 0.191 e. The molecule has 4 nitrogen and oxygen atoms in total. The van der Waals surface area contributed by atoms with Gasteiger partial charge in [-0.2, -0.15) is 0 Å². The Morgan fingerprint density at radius 1 is 1.08 bits per heavy atom. The molecule has 136 valence electrons. The van der Waals surface area contributed by atoms with Crippen LogP contribution in [0.1, 0.15) is 23.6 Å². The molecule has 0 saturated heterocycles. The predicted molar refractivity (Wildman–Crippen MR) is 111 cm³/mol. The van der Waals surface area contributed by atoms with E-state index in [1.54, 1.807) is 19.2 Å².